The minimum absolute atomic E-state index is 0.234. The monoisotopic (exact) mass is 319 g/mol. The van der Waals surface area contributed by atoms with Crippen LogP contribution in [0.2, 0.25) is 6.04 Å². The maximum absolute atomic E-state index is 6.18. The van der Waals surface area contributed by atoms with E-state index in [-0.39, 0.29) is 6.04 Å². The zero-order chi connectivity index (χ0) is 16.0. The van der Waals surface area contributed by atoms with Crippen LogP contribution in [0.15, 0.2) is 0 Å². The zero-order valence-electron chi connectivity index (χ0n) is 14.7. The fourth-order valence-electron chi connectivity index (χ4n) is 2.60. The second-order valence-corrected chi connectivity index (χ2v) is 8.95. The van der Waals surface area contributed by atoms with Crippen molar-refractivity contribution >= 4 is 8.80 Å². The van der Waals surface area contributed by atoms with E-state index in [1.165, 1.54) is 51.4 Å². The average Bonchev–Trinajstić information content (AvgIpc) is 2.52. The Hall–Kier alpha value is 0.0569. The van der Waals surface area contributed by atoms with Crippen molar-refractivity contribution in [1.29, 1.82) is 0 Å². The van der Waals surface area contributed by atoms with Crippen molar-refractivity contribution in [2.24, 2.45) is 5.73 Å². The van der Waals surface area contributed by atoms with Gasteiger partial charge < -0.3 is 19.0 Å². The summed E-state index contributed by atoms with van der Waals surface area (Å²) >= 11 is 0. The van der Waals surface area contributed by atoms with Crippen LogP contribution in [-0.2, 0) is 13.3 Å². The molecule has 0 rings (SSSR count). The van der Waals surface area contributed by atoms with Gasteiger partial charge in [-0.15, -0.1) is 0 Å². The lowest BCUT2D eigenvalue weighted by Gasteiger charge is -2.25. The van der Waals surface area contributed by atoms with Gasteiger partial charge in [0.15, 0.2) is 0 Å². The van der Waals surface area contributed by atoms with Crippen LogP contribution in [0.5, 0.6) is 0 Å². The van der Waals surface area contributed by atoms with Crippen LogP contribution in [0.1, 0.15) is 71.1 Å². The van der Waals surface area contributed by atoms with E-state index in [4.69, 9.17) is 19.0 Å². The van der Waals surface area contributed by atoms with Gasteiger partial charge >= 0.3 is 8.80 Å². The molecule has 0 amide bonds. The lowest BCUT2D eigenvalue weighted by atomic mass is 10.0. The summed E-state index contributed by atoms with van der Waals surface area (Å²) in [5.41, 5.74) is 6.18. The fourth-order valence-corrected chi connectivity index (χ4v) is 4.44. The third-order valence-electron chi connectivity index (χ3n) is 4.18. The standard InChI is InChI=1S/C16H37NO3Si/c1-5-6-7-8-9-10-11-12-13-16(17)14-15-21(18-2,19-3)20-4/h16H,5-15,17H2,1-4H3. The summed E-state index contributed by atoms with van der Waals surface area (Å²) in [5.74, 6) is 0. The summed E-state index contributed by atoms with van der Waals surface area (Å²) in [6.07, 6.45) is 12.8. The first-order valence-corrected chi connectivity index (χ1v) is 10.5. The van der Waals surface area contributed by atoms with E-state index >= 15 is 0 Å². The van der Waals surface area contributed by atoms with Gasteiger partial charge in [0.1, 0.15) is 0 Å². The highest BCUT2D eigenvalue weighted by Gasteiger charge is 2.37. The molecule has 2 N–H and O–H groups in total. The fraction of sp³-hybridized carbons (Fsp3) is 1.00. The SMILES string of the molecule is CCCCCCCCCCC(N)CC[Si](OC)(OC)OC. The molecule has 21 heavy (non-hydrogen) atoms. The molecule has 1 atom stereocenters. The summed E-state index contributed by atoms with van der Waals surface area (Å²) in [6.45, 7) is 2.26. The smallest absolute Gasteiger partial charge is 0.377 e. The minimum Gasteiger partial charge on any atom is -0.377 e. The molecule has 0 saturated heterocycles. The van der Waals surface area contributed by atoms with Gasteiger partial charge in [0.2, 0.25) is 0 Å². The van der Waals surface area contributed by atoms with Crippen molar-refractivity contribution in [1.82, 2.24) is 0 Å². The predicted molar refractivity (Wildman–Crippen MR) is 91.4 cm³/mol. The number of unbranched alkanes of at least 4 members (excludes halogenated alkanes) is 7. The molecule has 5 heteroatoms. The first kappa shape index (κ1) is 21.1. The van der Waals surface area contributed by atoms with Crippen LogP contribution in [0.25, 0.3) is 0 Å². The van der Waals surface area contributed by atoms with Crippen molar-refractivity contribution in [2.45, 2.75) is 83.2 Å². The second-order valence-electron chi connectivity index (χ2n) is 5.86. The van der Waals surface area contributed by atoms with Crippen LogP contribution >= 0.6 is 0 Å². The Morgan fingerprint density at radius 3 is 1.71 bits per heavy atom. The first-order valence-electron chi connectivity index (χ1n) is 8.55. The molecule has 0 fully saturated rings. The molecule has 0 heterocycles. The third-order valence-corrected chi connectivity index (χ3v) is 6.95. The van der Waals surface area contributed by atoms with E-state index in [1.54, 1.807) is 21.3 Å². The van der Waals surface area contributed by atoms with E-state index in [9.17, 15) is 0 Å². The number of hydrogen-bond acceptors (Lipinski definition) is 4. The molecule has 0 radical (unpaired) electrons. The summed E-state index contributed by atoms with van der Waals surface area (Å²) in [6, 6.07) is 1.03. The molecule has 0 aromatic carbocycles. The quantitative estimate of drug-likeness (QED) is 0.364. The van der Waals surface area contributed by atoms with E-state index in [0.29, 0.717) is 0 Å². The van der Waals surface area contributed by atoms with E-state index in [0.717, 1.165) is 18.9 Å². The van der Waals surface area contributed by atoms with Crippen LogP contribution in [0.4, 0.5) is 0 Å². The summed E-state index contributed by atoms with van der Waals surface area (Å²) < 4.78 is 16.2. The zero-order valence-corrected chi connectivity index (χ0v) is 15.7. The van der Waals surface area contributed by atoms with Gasteiger partial charge in [0, 0.05) is 33.4 Å². The van der Waals surface area contributed by atoms with E-state index in [2.05, 4.69) is 6.92 Å². The molecular formula is C16H37NO3Si. The van der Waals surface area contributed by atoms with E-state index < -0.39 is 8.80 Å². The van der Waals surface area contributed by atoms with Gasteiger partial charge in [-0.25, -0.2) is 0 Å². The van der Waals surface area contributed by atoms with Crippen molar-refractivity contribution in [3.63, 3.8) is 0 Å². The Balaban J connectivity index is 3.56. The van der Waals surface area contributed by atoms with Gasteiger partial charge in [-0.2, -0.15) is 0 Å². The Bertz CT molecular complexity index is 217. The molecule has 0 aliphatic heterocycles. The van der Waals surface area contributed by atoms with Crippen molar-refractivity contribution in [3.05, 3.63) is 0 Å². The lowest BCUT2D eigenvalue weighted by Crippen LogP contribution is -2.43. The van der Waals surface area contributed by atoms with Crippen LogP contribution in [0.3, 0.4) is 0 Å². The van der Waals surface area contributed by atoms with Crippen molar-refractivity contribution in [3.8, 4) is 0 Å². The first-order chi connectivity index (χ1) is 10.1. The summed E-state index contributed by atoms with van der Waals surface area (Å²) in [5, 5.41) is 0. The van der Waals surface area contributed by atoms with Gasteiger partial charge in [-0.1, -0.05) is 58.3 Å². The van der Waals surface area contributed by atoms with Crippen LogP contribution < -0.4 is 5.73 Å². The summed E-state index contributed by atoms with van der Waals surface area (Å²) in [7, 11) is 2.53. The molecule has 1 unspecified atom stereocenters. The molecule has 0 saturated carbocycles. The number of rotatable bonds is 15. The Morgan fingerprint density at radius 2 is 1.24 bits per heavy atom. The molecule has 128 valence electrons. The Morgan fingerprint density at radius 1 is 0.762 bits per heavy atom. The maximum Gasteiger partial charge on any atom is 0.500 e. The van der Waals surface area contributed by atoms with Gasteiger partial charge in [-0.05, 0) is 12.8 Å². The highest BCUT2D eigenvalue weighted by molar-refractivity contribution is 6.60. The third kappa shape index (κ3) is 10.4. The largest absolute Gasteiger partial charge is 0.500 e. The number of nitrogens with two attached hydrogens (primary N) is 1. The molecule has 0 aliphatic carbocycles. The average molecular weight is 320 g/mol. The van der Waals surface area contributed by atoms with Gasteiger partial charge in [-0.3, -0.25) is 0 Å². The second kappa shape index (κ2) is 13.7. The Labute approximate surface area is 133 Å². The molecule has 0 aliphatic rings. The predicted octanol–water partition coefficient (Wildman–Crippen LogP) is 4.11. The Kier molecular flexibility index (Phi) is 13.7. The molecule has 0 aromatic heterocycles. The molecular weight excluding hydrogens is 282 g/mol. The highest BCUT2D eigenvalue weighted by Crippen LogP contribution is 2.18. The maximum atomic E-state index is 6.18. The van der Waals surface area contributed by atoms with Crippen molar-refractivity contribution in [2.75, 3.05) is 21.3 Å². The van der Waals surface area contributed by atoms with Crippen LogP contribution in [-0.4, -0.2) is 36.2 Å². The topological polar surface area (TPSA) is 53.7 Å². The normalized spacial score (nSPS) is 13.6. The van der Waals surface area contributed by atoms with Gasteiger partial charge in [0.05, 0.1) is 0 Å². The molecule has 0 aromatic rings. The minimum atomic E-state index is -2.43. The van der Waals surface area contributed by atoms with E-state index in [1.807, 2.05) is 0 Å². The molecule has 0 spiro atoms. The highest BCUT2D eigenvalue weighted by atomic mass is 28.4. The van der Waals surface area contributed by atoms with Crippen molar-refractivity contribution < 1.29 is 13.3 Å². The van der Waals surface area contributed by atoms with Crippen LogP contribution in [0, 0.1) is 0 Å². The molecule has 4 nitrogen and oxygen atoms in total. The van der Waals surface area contributed by atoms with Gasteiger partial charge in [0.25, 0.3) is 0 Å². The number of hydrogen-bond donors (Lipinski definition) is 1. The molecule has 0 bridgehead atoms. The lowest BCUT2D eigenvalue weighted by molar-refractivity contribution is 0.122. The summed E-state index contributed by atoms with van der Waals surface area (Å²) in [4.78, 5) is 0.